The predicted octanol–water partition coefficient (Wildman–Crippen LogP) is 5.65. The molecule has 6 nitrogen and oxygen atoms in total. The van der Waals surface area contributed by atoms with Gasteiger partial charge >= 0.3 is 0 Å². The standard InChI is InChI=1S/C24H22ClN5OS/c1-17(23(31)27-19-10-4-2-5-11-19)32-24-29-28-22(30(24)21-13-6-3-7-14-21)16-26-20-12-8-9-18(25)15-20/h2-15,17,26H,16H2,1H3,(H,27,31)/t17-/m0/s1. The molecule has 0 aliphatic carbocycles. The van der Waals surface area contributed by atoms with Gasteiger partial charge in [-0.3, -0.25) is 9.36 Å². The van der Waals surface area contributed by atoms with Crippen molar-refractivity contribution in [2.75, 3.05) is 10.6 Å². The zero-order valence-electron chi connectivity index (χ0n) is 17.4. The van der Waals surface area contributed by atoms with Crippen molar-refractivity contribution < 1.29 is 4.79 Å². The molecule has 0 unspecified atom stereocenters. The third-order valence-corrected chi connectivity index (χ3v) is 5.96. The summed E-state index contributed by atoms with van der Waals surface area (Å²) < 4.78 is 1.97. The second kappa shape index (κ2) is 10.3. The molecule has 0 saturated heterocycles. The minimum Gasteiger partial charge on any atom is -0.378 e. The smallest absolute Gasteiger partial charge is 0.237 e. The zero-order valence-corrected chi connectivity index (χ0v) is 19.0. The van der Waals surface area contributed by atoms with E-state index < -0.39 is 0 Å². The molecule has 0 radical (unpaired) electrons. The van der Waals surface area contributed by atoms with Crippen LogP contribution in [0.1, 0.15) is 12.7 Å². The van der Waals surface area contributed by atoms with Gasteiger partial charge in [0.25, 0.3) is 0 Å². The van der Waals surface area contributed by atoms with Crippen LogP contribution in [-0.2, 0) is 11.3 Å². The van der Waals surface area contributed by atoms with Crippen LogP contribution in [0, 0.1) is 0 Å². The molecular weight excluding hydrogens is 442 g/mol. The van der Waals surface area contributed by atoms with Crippen molar-refractivity contribution in [3.63, 3.8) is 0 Å². The summed E-state index contributed by atoms with van der Waals surface area (Å²) in [4.78, 5) is 12.7. The number of hydrogen-bond acceptors (Lipinski definition) is 5. The Labute approximate surface area is 196 Å². The van der Waals surface area contributed by atoms with E-state index in [4.69, 9.17) is 11.6 Å². The van der Waals surface area contributed by atoms with Crippen molar-refractivity contribution in [3.8, 4) is 5.69 Å². The van der Waals surface area contributed by atoms with Gasteiger partial charge in [-0.2, -0.15) is 0 Å². The third kappa shape index (κ3) is 5.49. The summed E-state index contributed by atoms with van der Waals surface area (Å²) in [5.74, 6) is 0.636. The maximum Gasteiger partial charge on any atom is 0.237 e. The van der Waals surface area contributed by atoms with E-state index in [1.165, 1.54) is 11.8 Å². The highest BCUT2D eigenvalue weighted by molar-refractivity contribution is 8.00. The molecule has 4 rings (SSSR count). The van der Waals surface area contributed by atoms with E-state index in [1.807, 2.05) is 96.4 Å². The monoisotopic (exact) mass is 463 g/mol. The van der Waals surface area contributed by atoms with Gasteiger partial charge in [0.05, 0.1) is 11.8 Å². The number of benzene rings is 3. The minimum absolute atomic E-state index is 0.0950. The third-order valence-electron chi connectivity index (χ3n) is 4.68. The molecule has 162 valence electrons. The first-order chi connectivity index (χ1) is 15.6. The molecule has 0 fully saturated rings. The number of thioether (sulfide) groups is 1. The number of nitrogens with zero attached hydrogens (tertiary/aromatic N) is 3. The molecule has 0 bridgehead atoms. The molecule has 0 aliphatic rings. The molecule has 4 aromatic rings. The number of nitrogens with one attached hydrogen (secondary N) is 2. The summed E-state index contributed by atoms with van der Waals surface area (Å²) in [6, 6.07) is 26.8. The molecule has 3 aromatic carbocycles. The van der Waals surface area contributed by atoms with E-state index >= 15 is 0 Å². The maximum atomic E-state index is 12.7. The second-order valence-corrected chi connectivity index (χ2v) is 8.79. The van der Waals surface area contributed by atoms with Gasteiger partial charge in [0, 0.05) is 22.1 Å². The molecule has 1 amide bonds. The Hall–Kier alpha value is -3.29. The first kappa shape index (κ1) is 21.9. The molecule has 1 heterocycles. The lowest BCUT2D eigenvalue weighted by atomic mass is 10.3. The highest BCUT2D eigenvalue weighted by Crippen LogP contribution is 2.27. The van der Waals surface area contributed by atoms with E-state index in [0.29, 0.717) is 16.7 Å². The number of amides is 1. The summed E-state index contributed by atoms with van der Waals surface area (Å²) in [7, 11) is 0. The van der Waals surface area contributed by atoms with Crippen LogP contribution in [0.25, 0.3) is 5.69 Å². The number of carbonyl (C=O) groups is 1. The number of aromatic nitrogens is 3. The molecule has 8 heteroatoms. The van der Waals surface area contributed by atoms with E-state index in [9.17, 15) is 4.79 Å². The lowest BCUT2D eigenvalue weighted by Gasteiger charge is -2.14. The van der Waals surface area contributed by atoms with Crippen molar-refractivity contribution in [2.24, 2.45) is 0 Å². The number of para-hydroxylation sites is 2. The molecule has 0 spiro atoms. The SMILES string of the molecule is C[C@H](Sc1nnc(CNc2cccc(Cl)c2)n1-c1ccccc1)C(=O)Nc1ccccc1. The summed E-state index contributed by atoms with van der Waals surface area (Å²) in [5.41, 5.74) is 2.59. The molecule has 0 aliphatic heterocycles. The summed E-state index contributed by atoms with van der Waals surface area (Å²) >= 11 is 7.45. The van der Waals surface area contributed by atoms with Gasteiger partial charge < -0.3 is 10.6 Å². The Kier molecular flexibility index (Phi) is 7.09. The molecular formula is C24H22ClN5OS. The van der Waals surface area contributed by atoms with Crippen molar-refractivity contribution in [1.82, 2.24) is 14.8 Å². The van der Waals surface area contributed by atoms with Gasteiger partial charge in [0.1, 0.15) is 0 Å². The summed E-state index contributed by atoms with van der Waals surface area (Å²) in [5, 5.41) is 16.0. The Morgan fingerprint density at radius 2 is 1.66 bits per heavy atom. The van der Waals surface area contributed by atoms with Gasteiger partial charge in [0.15, 0.2) is 11.0 Å². The van der Waals surface area contributed by atoms with Crippen LogP contribution in [0.15, 0.2) is 90.1 Å². The van der Waals surface area contributed by atoms with E-state index in [1.54, 1.807) is 0 Å². The normalized spacial score (nSPS) is 11.7. The average Bonchev–Trinajstić information content (AvgIpc) is 3.21. The topological polar surface area (TPSA) is 71.8 Å². The Bertz CT molecular complexity index is 1180. The largest absolute Gasteiger partial charge is 0.378 e. The van der Waals surface area contributed by atoms with Crippen molar-refractivity contribution in [1.29, 1.82) is 0 Å². The van der Waals surface area contributed by atoms with Gasteiger partial charge in [0.2, 0.25) is 5.91 Å². The molecule has 1 aromatic heterocycles. The van der Waals surface area contributed by atoms with Crippen molar-refractivity contribution in [3.05, 3.63) is 95.8 Å². The van der Waals surface area contributed by atoms with Crippen LogP contribution < -0.4 is 10.6 Å². The van der Waals surface area contributed by atoms with Crippen LogP contribution in [0.3, 0.4) is 0 Å². The lowest BCUT2D eigenvalue weighted by Crippen LogP contribution is -2.23. The van der Waals surface area contributed by atoms with E-state index in [-0.39, 0.29) is 11.2 Å². The molecule has 0 saturated carbocycles. The van der Waals surface area contributed by atoms with Crippen LogP contribution in [0.5, 0.6) is 0 Å². The van der Waals surface area contributed by atoms with E-state index in [0.717, 1.165) is 22.9 Å². The fourth-order valence-electron chi connectivity index (χ4n) is 3.08. The fraction of sp³-hybridized carbons (Fsp3) is 0.125. The van der Waals surface area contributed by atoms with Crippen molar-refractivity contribution >= 4 is 40.6 Å². The number of rotatable bonds is 8. The highest BCUT2D eigenvalue weighted by Gasteiger charge is 2.21. The Morgan fingerprint density at radius 3 is 2.38 bits per heavy atom. The first-order valence-corrected chi connectivity index (χ1v) is 11.4. The number of anilines is 2. The van der Waals surface area contributed by atoms with Gasteiger partial charge in [-0.1, -0.05) is 65.8 Å². The quantitative estimate of drug-likeness (QED) is 0.330. The summed E-state index contributed by atoms with van der Waals surface area (Å²) in [6.45, 7) is 2.31. The number of hydrogen-bond donors (Lipinski definition) is 2. The van der Waals surface area contributed by atoms with Crippen LogP contribution >= 0.6 is 23.4 Å². The summed E-state index contributed by atoms with van der Waals surface area (Å²) in [6.07, 6.45) is 0. The minimum atomic E-state index is -0.365. The zero-order chi connectivity index (χ0) is 22.3. The van der Waals surface area contributed by atoms with Crippen molar-refractivity contribution in [2.45, 2.75) is 23.9 Å². The van der Waals surface area contributed by atoms with E-state index in [2.05, 4.69) is 20.8 Å². The average molecular weight is 464 g/mol. The van der Waals surface area contributed by atoms with Gasteiger partial charge in [-0.15, -0.1) is 10.2 Å². The van der Waals surface area contributed by atoms with Crippen LogP contribution in [-0.4, -0.2) is 25.9 Å². The number of carbonyl (C=O) groups excluding carboxylic acids is 1. The Balaban J connectivity index is 1.54. The van der Waals surface area contributed by atoms with Gasteiger partial charge in [-0.25, -0.2) is 0 Å². The van der Waals surface area contributed by atoms with Crippen LogP contribution in [0.4, 0.5) is 11.4 Å². The molecule has 2 N–H and O–H groups in total. The maximum absolute atomic E-state index is 12.7. The molecule has 32 heavy (non-hydrogen) atoms. The van der Waals surface area contributed by atoms with Crippen LogP contribution in [0.2, 0.25) is 5.02 Å². The second-order valence-electron chi connectivity index (χ2n) is 7.05. The highest BCUT2D eigenvalue weighted by atomic mass is 35.5. The Morgan fingerprint density at radius 1 is 0.969 bits per heavy atom. The predicted molar refractivity (Wildman–Crippen MR) is 131 cm³/mol. The number of halogens is 1. The first-order valence-electron chi connectivity index (χ1n) is 10.1. The van der Waals surface area contributed by atoms with Gasteiger partial charge in [-0.05, 0) is 49.4 Å². The lowest BCUT2D eigenvalue weighted by molar-refractivity contribution is -0.115. The molecule has 1 atom stereocenters. The fourth-order valence-corrected chi connectivity index (χ4v) is 4.16.